The van der Waals surface area contributed by atoms with Gasteiger partial charge in [0.15, 0.2) is 5.96 Å². The monoisotopic (exact) mass is 912 g/mol. The summed E-state index contributed by atoms with van der Waals surface area (Å²) >= 11 is 0. The second-order valence-corrected chi connectivity index (χ2v) is 16.1. The van der Waals surface area contributed by atoms with Crippen molar-refractivity contribution in [3.05, 3.63) is 0 Å². The summed E-state index contributed by atoms with van der Waals surface area (Å²) in [6.45, 7) is 8.81. The standard InChI is InChI=1S/C38H64N12O14/c1-17(2)13-22(34(60)49-29(18(3)4)35(61)46-21(9-7-11-42-38(40)41)36(62)50-12-8-10-25(50)37(63)64)45-26(51)16-43-31(57)20(6)44-32(58)23(14-27(52)53)48-33(59)24(15-28(54)55)47-30(56)19(5)39/h17-25,29H,7-16,39H2,1-6H3,(H,43,57)(H,44,58)(H,45,51)(H,46,61)(H,47,56)(H,48,59)(H,49,60)(H,52,53)(H,54,55)(H,63,64)(H4,40,41,42)/t19-,20-,21-,22-,23-,24-,25-,29-/m0/s1. The molecule has 0 saturated carbocycles. The van der Waals surface area contributed by atoms with Crippen molar-refractivity contribution in [1.82, 2.24) is 47.4 Å². The van der Waals surface area contributed by atoms with Crippen LogP contribution >= 0.6 is 0 Å². The summed E-state index contributed by atoms with van der Waals surface area (Å²) in [6.07, 6.45) is -0.925. The summed E-state index contributed by atoms with van der Waals surface area (Å²) in [5.74, 6) is -12.6. The Morgan fingerprint density at radius 3 is 1.70 bits per heavy atom. The van der Waals surface area contributed by atoms with Crippen LogP contribution in [0.25, 0.3) is 0 Å². The Hall–Kier alpha value is -6.60. The van der Waals surface area contributed by atoms with E-state index in [0.29, 0.717) is 6.42 Å². The van der Waals surface area contributed by atoms with Gasteiger partial charge in [-0.05, 0) is 57.8 Å². The molecule has 0 spiro atoms. The van der Waals surface area contributed by atoms with Crippen LogP contribution in [-0.4, -0.2) is 159 Å². The van der Waals surface area contributed by atoms with E-state index in [1.54, 1.807) is 27.7 Å². The van der Waals surface area contributed by atoms with Gasteiger partial charge in [-0.3, -0.25) is 53.4 Å². The Labute approximate surface area is 369 Å². The van der Waals surface area contributed by atoms with Crippen molar-refractivity contribution in [2.45, 2.75) is 135 Å². The fraction of sp³-hybridized carbons (Fsp3) is 0.684. The van der Waals surface area contributed by atoms with Crippen molar-refractivity contribution in [2.24, 2.45) is 23.3 Å². The smallest absolute Gasteiger partial charge is 0.326 e. The predicted molar refractivity (Wildman–Crippen MR) is 224 cm³/mol. The third-order valence-electron chi connectivity index (χ3n) is 9.64. The molecule has 26 heteroatoms. The average molecular weight is 913 g/mol. The van der Waals surface area contributed by atoms with Crippen LogP contribution in [0.4, 0.5) is 0 Å². The number of aliphatic carboxylic acids is 3. The van der Waals surface area contributed by atoms with Crippen molar-refractivity contribution in [3.63, 3.8) is 0 Å². The van der Waals surface area contributed by atoms with Crippen LogP contribution in [0.3, 0.4) is 0 Å². The number of carbonyl (C=O) groups excluding carboxylic acids is 8. The largest absolute Gasteiger partial charge is 0.481 e. The van der Waals surface area contributed by atoms with E-state index in [1.807, 2.05) is 0 Å². The molecule has 0 aromatic carbocycles. The molecule has 360 valence electrons. The lowest BCUT2D eigenvalue weighted by Crippen LogP contribution is -2.59. The van der Waals surface area contributed by atoms with Crippen molar-refractivity contribution >= 4 is 71.1 Å². The molecule has 64 heavy (non-hydrogen) atoms. The molecule has 1 aliphatic heterocycles. The maximum Gasteiger partial charge on any atom is 0.326 e. The molecular formula is C38H64N12O14. The summed E-state index contributed by atoms with van der Waals surface area (Å²) in [4.78, 5) is 141. The van der Waals surface area contributed by atoms with E-state index in [1.165, 1.54) is 18.7 Å². The summed E-state index contributed by atoms with van der Waals surface area (Å²) in [5, 5.41) is 54.5. The van der Waals surface area contributed by atoms with E-state index < -0.39 is 139 Å². The first-order valence-corrected chi connectivity index (χ1v) is 20.6. The van der Waals surface area contributed by atoms with Crippen LogP contribution in [0.1, 0.15) is 86.5 Å². The third-order valence-corrected chi connectivity index (χ3v) is 9.64. The molecule has 8 atom stereocenters. The SMILES string of the molecule is CC(C)C[C@H](NC(=O)CNC(=O)[C@H](C)NC(=O)[C@H](CC(=O)O)NC(=O)[C@H](CC(=O)O)NC(=O)[C@H](C)N)C(=O)N[C@H](C(=O)N[C@@H](CCCNC(=N)N)C(=O)N1CCC[C@H]1C(=O)O)C(C)C. The van der Waals surface area contributed by atoms with Crippen LogP contribution in [0, 0.1) is 17.2 Å². The number of likely N-dealkylation sites (tertiary alicyclic amines) is 1. The topological polar surface area (TPSA) is 424 Å². The molecule has 1 saturated heterocycles. The summed E-state index contributed by atoms with van der Waals surface area (Å²) in [6, 6.07) is -10.9. The molecule has 0 aromatic heterocycles. The second-order valence-electron chi connectivity index (χ2n) is 16.1. The first-order chi connectivity index (χ1) is 29.7. The molecule has 0 bridgehead atoms. The highest BCUT2D eigenvalue weighted by Gasteiger charge is 2.39. The Kier molecular flexibility index (Phi) is 23.2. The van der Waals surface area contributed by atoms with Gasteiger partial charge in [-0.1, -0.05) is 27.7 Å². The minimum Gasteiger partial charge on any atom is -0.481 e. The van der Waals surface area contributed by atoms with Gasteiger partial charge in [0.25, 0.3) is 0 Å². The van der Waals surface area contributed by atoms with Gasteiger partial charge < -0.3 is 74.2 Å². The highest BCUT2D eigenvalue weighted by molar-refractivity contribution is 5.98. The van der Waals surface area contributed by atoms with Gasteiger partial charge in [0.1, 0.15) is 42.3 Å². The molecule has 0 unspecified atom stereocenters. The zero-order chi connectivity index (χ0) is 49.0. The molecule has 1 rings (SSSR count). The minimum absolute atomic E-state index is 0.0386. The molecule has 1 heterocycles. The van der Waals surface area contributed by atoms with Gasteiger partial charge in [0, 0.05) is 13.1 Å². The zero-order valence-electron chi connectivity index (χ0n) is 36.8. The van der Waals surface area contributed by atoms with Crippen LogP contribution in [0.2, 0.25) is 0 Å². The Morgan fingerprint density at radius 1 is 0.672 bits per heavy atom. The van der Waals surface area contributed by atoms with E-state index in [9.17, 15) is 68.1 Å². The van der Waals surface area contributed by atoms with Crippen molar-refractivity contribution in [2.75, 3.05) is 19.6 Å². The Balaban J connectivity index is 3.05. The van der Waals surface area contributed by atoms with E-state index in [0.717, 1.165) is 0 Å². The van der Waals surface area contributed by atoms with Gasteiger partial charge >= 0.3 is 17.9 Å². The van der Waals surface area contributed by atoms with E-state index in [2.05, 4.69) is 42.5 Å². The molecule has 0 aliphatic carbocycles. The molecule has 8 amide bonds. The van der Waals surface area contributed by atoms with Crippen LogP contribution < -0.4 is 54.0 Å². The number of carboxylic acids is 3. The summed E-state index contributed by atoms with van der Waals surface area (Å²) < 4.78 is 0. The summed E-state index contributed by atoms with van der Waals surface area (Å²) in [5.41, 5.74) is 10.8. The highest BCUT2D eigenvalue weighted by Crippen LogP contribution is 2.20. The number of nitrogens with one attached hydrogen (secondary N) is 9. The van der Waals surface area contributed by atoms with Gasteiger partial charge in [-0.15, -0.1) is 0 Å². The first kappa shape index (κ1) is 55.4. The van der Waals surface area contributed by atoms with Crippen LogP contribution in [0.5, 0.6) is 0 Å². The van der Waals surface area contributed by atoms with Gasteiger partial charge in [0.2, 0.25) is 47.3 Å². The number of hydrogen-bond donors (Lipinski definition) is 14. The Bertz CT molecular complexity index is 1740. The predicted octanol–water partition coefficient (Wildman–Crippen LogP) is -4.63. The zero-order valence-corrected chi connectivity index (χ0v) is 36.8. The lowest BCUT2D eigenvalue weighted by Gasteiger charge is -2.30. The van der Waals surface area contributed by atoms with Gasteiger partial charge in [-0.2, -0.15) is 0 Å². The first-order valence-electron chi connectivity index (χ1n) is 20.6. The number of carboxylic acid groups (broad SMARTS) is 3. The molecule has 1 fully saturated rings. The van der Waals surface area contributed by atoms with Crippen molar-refractivity contribution in [3.8, 4) is 0 Å². The fourth-order valence-electron chi connectivity index (χ4n) is 6.32. The maximum absolute atomic E-state index is 13.7. The molecule has 16 N–H and O–H groups in total. The fourth-order valence-corrected chi connectivity index (χ4v) is 6.32. The van der Waals surface area contributed by atoms with E-state index in [-0.39, 0.29) is 50.7 Å². The van der Waals surface area contributed by atoms with Crippen molar-refractivity contribution in [1.29, 1.82) is 5.41 Å². The molecule has 0 aromatic rings. The number of guanidine groups is 1. The number of nitrogens with zero attached hydrogens (tertiary/aromatic N) is 1. The number of rotatable bonds is 27. The minimum atomic E-state index is -1.85. The summed E-state index contributed by atoms with van der Waals surface area (Å²) in [7, 11) is 0. The quantitative estimate of drug-likeness (QED) is 0.0209. The van der Waals surface area contributed by atoms with Crippen molar-refractivity contribution < 1.29 is 68.1 Å². The number of amides is 8. The Morgan fingerprint density at radius 2 is 1.20 bits per heavy atom. The van der Waals surface area contributed by atoms with Crippen LogP contribution in [-0.2, 0) is 52.7 Å². The number of nitrogens with two attached hydrogens (primary N) is 2. The van der Waals surface area contributed by atoms with Gasteiger partial charge in [0.05, 0.1) is 25.4 Å². The lowest BCUT2D eigenvalue weighted by atomic mass is 9.99. The molecule has 0 radical (unpaired) electrons. The highest BCUT2D eigenvalue weighted by atomic mass is 16.4. The van der Waals surface area contributed by atoms with E-state index >= 15 is 0 Å². The lowest BCUT2D eigenvalue weighted by molar-refractivity contribution is -0.149. The maximum atomic E-state index is 13.7. The third kappa shape index (κ3) is 19.6. The average Bonchev–Trinajstić information content (AvgIpc) is 3.68. The molecule has 1 aliphatic rings. The second kappa shape index (κ2) is 26.8. The number of carbonyl (C=O) groups is 11. The van der Waals surface area contributed by atoms with Gasteiger partial charge in [-0.25, -0.2) is 4.79 Å². The molecule has 26 nitrogen and oxygen atoms in total. The van der Waals surface area contributed by atoms with Crippen LogP contribution in [0.15, 0.2) is 0 Å². The molecular weight excluding hydrogens is 848 g/mol. The normalized spacial score (nSPS) is 16.6. The van der Waals surface area contributed by atoms with E-state index in [4.69, 9.17) is 16.9 Å². The number of hydrogen-bond acceptors (Lipinski definition) is 13.